The van der Waals surface area contributed by atoms with Crippen LogP contribution in [0.15, 0.2) is 85.1 Å². The van der Waals surface area contributed by atoms with Crippen LogP contribution in [0, 0.1) is 5.92 Å². The molecule has 0 radical (unpaired) electrons. The summed E-state index contributed by atoms with van der Waals surface area (Å²) in [7, 11) is 0. The predicted molar refractivity (Wildman–Crippen MR) is 139 cm³/mol. The lowest BCUT2D eigenvalue weighted by Crippen LogP contribution is -2.28. The number of aromatic nitrogens is 1. The van der Waals surface area contributed by atoms with Gasteiger partial charge in [0.2, 0.25) is 5.91 Å². The third-order valence-corrected chi connectivity index (χ3v) is 6.08. The van der Waals surface area contributed by atoms with Crippen molar-refractivity contribution in [2.75, 3.05) is 13.2 Å². The quantitative estimate of drug-likeness (QED) is 0.302. The first-order valence-electron chi connectivity index (χ1n) is 12.2. The Kier molecular flexibility index (Phi) is 7.69. The van der Waals surface area contributed by atoms with Gasteiger partial charge in [-0.05, 0) is 47.7 Å². The van der Waals surface area contributed by atoms with Gasteiger partial charge >= 0.3 is 0 Å². The van der Waals surface area contributed by atoms with Gasteiger partial charge in [-0.3, -0.25) is 4.79 Å². The van der Waals surface area contributed by atoms with Crippen molar-refractivity contribution in [2.24, 2.45) is 5.92 Å². The lowest BCUT2D eigenvalue weighted by molar-refractivity contribution is -0.121. The number of para-hydroxylation sites is 1. The summed E-state index contributed by atoms with van der Waals surface area (Å²) in [6, 6.07) is 27.2. The molecule has 0 aliphatic heterocycles. The molecule has 1 aromatic heterocycles. The largest absolute Gasteiger partial charge is 0.494 e. The molecule has 4 aromatic rings. The number of benzene rings is 3. The number of carbonyl (C=O) groups is 1. The molecule has 34 heavy (non-hydrogen) atoms. The second-order valence-electron chi connectivity index (χ2n) is 9.17. The molecule has 0 fully saturated rings. The number of nitrogens with zero attached hydrogens (tertiary/aromatic N) is 1. The number of rotatable bonds is 10. The highest BCUT2D eigenvalue weighted by Crippen LogP contribution is 2.35. The van der Waals surface area contributed by atoms with Gasteiger partial charge in [0.05, 0.1) is 6.61 Å². The average molecular weight is 455 g/mol. The molecule has 0 spiro atoms. The number of hydrogen-bond acceptors (Lipinski definition) is 2. The van der Waals surface area contributed by atoms with E-state index in [0.29, 0.717) is 25.5 Å². The van der Waals surface area contributed by atoms with Crippen LogP contribution in [-0.4, -0.2) is 23.6 Å². The molecule has 1 N–H and O–H groups in total. The zero-order valence-corrected chi connectivity index (χ0v) is 20.3. The Bertz CT molecular complexity index is 1210. The molecule has 0 unspecified atom stereocenters. The van der Waals surface area contributed by atoms with Crippen molar-refractivity contribution in [1.82, 2.24) is 9.88 Å². The van der Waals surface area contributed by atoms with Gasteiger partial charge in [-0.25, -0.2) is 0 Å². The fraction of sp³-hybridized carbons (Fsp3) is 0.300. The molecule has 1 heterocycles. The summed E-state index contributed by atoms with van der Waals surface area (Å²) in [5, 5.41) is 4.30. The van der Waals surface area contributed by atoms with Gasteiger partial charge in [0.1, 0.15) is 5.75 Å². The lowest BCUT2D eigenvalue weighted by Gasteiger charge is -2.18. The molecular weight excluding hydrogens is 420 g/mol. The van der Waals surface area contributed by atoms with Crippen molar-refractivity contribution < 1.29 is 9.53 Å². The Morgan fingerprint density at radius 1 is 0.941 bits per heavy atom. The van der Waals surface area contributed by atoms with E-state index in [0.717, 1.165) is 17.9 Å². The number of carbonyl (C=O) groups excluding carboxylic acids is 1. The van der Waals surface area contributed by atoms with Crippen LogP contribution in [-0.2, 0) is 11.3 Å². The van der Waals surface area contributed by atoms with Crippen LogP contribution in [0.2, 0.25) is 0 Å². The van der Waals surface area contributed by atoms with Crippen LogP contribution in [0.1, 0.15) is 49.8 Å². The standard InChI is InChI=1S/C30H34N2O2/c1-4-34-25-16-14-24(15-17-25)27(18-30(33)31-19-22(2)3)28-21-32(20-23-10-6-5-7-11-23)29-13-9-8-12-26(28)29/h5-17,21-22,27H,4,18-20H2,1-3H3,(H,31,33)/t27-/m1/s1. The van der Waals surface area contributed by atoms with E-state index in [4.69, 9.17) is 4.74 Å². The van der Waals surface area contributed by atoms with Gasteiger partial charge in [0.15, 0.2) is 0 Å². The van der Waals surface area contributed by atoms with Crippen molar-refractivity contribution in [3.63, 3.8) is 0 Å². The third kappa shape index (κ3) is 5.69. The second-order valence-corrected chi connectivity index (χ2v) is 9.17. The zero-order valence-electron chi connectivity index (χ0n) is 20.3. The van der Waals surface area contributed by atoms with Crippen LogP contribution in [0.4, 0.5) is 0 Å². The highest BCUT2D eigenvalue weighted by atomic mass is 16.5. The third-order valence-electron chi connectivity index (χ3n) is 6.08. The van der Waals surface area contributed by atoms with Gasteiger partial charge < -0.3 is 14.6 Å². The minimum Gasteiger partial charge on any atom is -0.494 e. The van der Waals surface area contributed by atoms with E-state index in [1.54, 1.807) is 0 Å². The van der Waals surface area contributed by atoms with Crippen LogP contribution in [0.25, 0.3) is 10.9 Å². The van der Waals surface area contributed by atoms with Gasteiger partial charge in [-0.1, -0.05) is 74.5 Å². The van der Waals surface area contributed by atoms with E-state index in [9.17, 15) is 4.79 Å². The monoisotopic (exact) mass is 454 g/mol. The molecule has 176 valence electrons. The van der Waals surface area contributed by atoms with E-state index in [1.165, 1.54) is 22.0 Å². The maximum absolute atomic E-state index is 13.0. The summed E-state index contributed by atoms with van der Waals surface area (Å²) < 4.78 is 7.95. The SMILES string of the molecule is CCOc1ccc([C@@H](CC(=O)NCC(C)C)c2cn(Cc3ccccc3)c3ccccc23)cc1. The molecule has 0 aliphatic rings. The summed E-state index contributed by atoms with van der Waals surface area (Å²) in [5.74, 6) is 1.29. The number of fused-ring (bicyclic) bond motifs is 1. The van der Waals surface area contributed by atoms with Gasteiger partial charge in [-0.15, -0.1) is 0 Å². The van der Waals surface area contributed by atoms with Crippen molar-refractivity contribution in [1.29, 1.82) is 0 Å². The van der Waals surface area contributed by atoms with Crippen LogP contribution in [0.5, 0.6) is 5.75 Å². The normalized spacial score (nSPS) is 12.1. The van der Waals surface area contributed by atoms with E-state index in [-0.39, 0.29) is 11.8 Å². The van der Waals surface area contributed by atoms with Crippen molar-refractivity contribution >= 4 is 16.8 Å². The maximum atomic E-state index is 13.0. The van der Waals surface area contributed by atoms with Crippen LogP contribution in [0.3, 0.4) is 0 Å². The fourth-order valence-electron chi connectivity index (χ4n) is 4.41. The minimum absolute atomic E-state index is 0.0511. The van der Waals surface area contributed by atoms with Crippen LogP contribution < -0.4 is 10.1 Å². The highest BCUT2D eigenvalue weighted by molar-refractivity contribution is 5.86. The topological polar surface area (TPSA) is 43.3 Å². The summed E-state index contributed by atoms with van der Waals surface area (Å²) >= 11 is 0. The molecule has 0 bridgehead atoms. The Morgan fingerprint density at radius 3 is 2.35 bits per heavy atom. The molecule has 0 aliphatic carbocycles. The molecular formula is C30H34N2O2. The molecule has 0 saturated carbocycles. The summed E-state index contributed by atoms with van der Waals surface area (Å²) in [6.45, 7) is 8.31. The lowest BCUT2D eigenvalue weighted by atomic mass is 9.88. The summed E-state index contributed by atoms with van der Waals surface area (Å²) in [4.78, 5) is 13.0. The number of nitrogens with one attached hydrogen (secondary N) is 1. The zero-order chi connectivity index (χ0) is 23.9. The molecule has 0 saturated heterocycles. The Balaban J connectivity index is 1.74. The smallest absolute Gasteiger partial charge is 0.220 e. The van der Waals surface area contributed by atoms with E-state index in [2.05, 4.69) is 90.6 Å². The molecule has 4 heteroatoms. The van der Waals surface area contributed by atoms with Crippen molar-refractivity contribution in [3.05, 3.63) is 102 Å². The maximum Gasteiger partial charge on any atom is 0.220 e. The second kappa shape index (κ2) is 11.1. The van der Waals surface area contributed by atoms with Crippen LogP contribution >= 0.6 is 0 Å². The van der Waals surface area contributed by atoms with Gasteiger partial charge in [0.25, 0.3) is 0 Å². The first-order valence-corrected chi connectivity index (χ1v) is 12.2. The fourth-order valence-corrected chi connectivity index (χ4v) is 4.41. The number of hydrogen-bond donors (Lipinski definition) is 1. The summed E-state index contributed by atoms with van der Waals surface area (Å²) in [6.07, 6.45) is 2.63. The molecule has 3 aromatic carbocycles. The van der Waals surface area contributed by atoms with Gasteiger partial charge in [0, 0.05) is 42.5 Å². The Hall–Kier alpha value is -3.53. The predicted octanol–water partition coefficient (Wildman–Crippen LogP) is 6.38. The highest BCUT2D eigenvalue weighted by Gasteiger charge is 2.23. The van der Waals surface area contributed by atoms with Crippen molar-refractivity contribution in [2.45, 2.75) is 39.7 Å². The summed E-state index contributed by atoms with van der Waals surface area (Å²) in [5.41, 5.74) is 4.73. The molecule has 1 atom stereocenters. The molecule has 4 rings (SSSR count). The first kappa shape index (κ1) is 23.6. The van der Waals surface area contributed by atoms with Crippen molar-refractivity contribution in [3.8, 4) is 5.75 Å². The Labute approximate surface area is 202 Å². The first-order chi connectivity index (χ1) is 16.5. The Morgan fingerprint density at radius 2 is 1.65 bits per heavy atom. The molecule has 1 amide bonds. The average Bonchev–Trinajstić information content (AvgIpc) is 3.21. The number of ether oxygens (including phenoxy) is 1. The van der Waals surface area contributed by atoms with E-state index < -0.39 is 0 Å². The minimum atomic E-state index is -0.0511. The van der Waals surface area contributed by atoms with E-state index in [1.807, 2.05) is 25.1 Å². The van der Waals surface area contributed by atoms with E-state index >= 15 is 0 Å². The number of amides is 1. The van der Waals surface area contributed by atoms with Gasteiger partial charge in [-0.2, -0.15) is 0 Å². The molecule has 4 nitrogen and oxygen atoms in total.